The van der Waals surface area contributed by atoms with Gasteiger partial charge in [-0.25, -0.2) is 24.4 Å². The lowest BCUT2D eigenvalue weighted by molar-refractivity contribution is 0.0588. The third kappa shape index (κ3) is 13.1. The van der Waals surface area contributed by atoms with E-state index < -0.39 is 23.7 Å². The van der Waals surface area contributed by atoms with Crippen molar-refractivity contribution in [2.75, 3.05) is 89.3 Å². The molecule has 8 aromatic rings. The lowest BCUT2D eigenvalue weighted by atomic mass is 10.1. The standard InChI is InChI=1S/C26H26N6O6S.C17H20N6O2S.C9H8O5/c1-36-19-7-5-15(11-20(19)37-2)28-22-21-24(39-13-27-21)31-26(30-22)32-9-8-16(12-32)29-23(34)14-4-6-17(18(33)10-14)25(35)38-3;1-24-12-4-3-11(7-13(12)25-2)20-15-14-16(26-9-19-14)22-17(21-15)23-6-5-10(18)8-23;1-14-9(13)6-3-2-5(8(11)12)4-7(6)10/h4-7,10-11,13,16,33H,8-9,12H2,1-3H3,(H,29,34)(H,28,30,31);3-4,7,9-10H,5-6,8,18H2,1-2H3,(H,20,21,22);2-4,10H,1H3,(H,11,12). The summed E-state index contributed by atoms with van der Waals surface area (Å²) in [5.41, 5.74) is 12.6. The maximum atomic E-state index is 12.8. The van der Waals surface area contributed by atoms with Gasteiger partial charge in [0.25, 0.3) is 5.91 Å². The molecule has 2 fully saturated rings. The van der Waals surface area contributed by atoms with Crippen molar-refractivity contribution in [3.63, 3.8) is 0 Å². The number of methoxy groups -OCH3 is 6. The van der Waals surface area contributed by atoms with Crippen LogP contribution in [0.5, 0.6) is 34.5 Å². The van der Waals surface area contributed by atoms with E-state index in [2.05, 4.69) is 45.3 Å². The number of nitrogens with two attached hydrogens (primary N) is 1. The monoisotopic (exact) mass is 1120 g/mol. The second kappa shape index (κ2) is 25.2. The summed E-state index contributed by atoms with van der Waals surface area (Å²) in [4.78, 5) is 79.3. The van der Waals surface area contributed by atoms with Gasteiger partial charge in [0.1, 0.15) is 33.7 Å². The van der Waals surface area contributed by atoms with E-state index in [1.165, 1.54) is 67.2 Å². The molecule has 0 saturated carbocycles. The zero-order valence-electron chi connectivity index (χ0n) is 43.4. The van der Waals surface area contributed by atoms with Gasteiger partial charge in [0, 0.05) is 67.3 Å². The van der Waals surface area contributed by atoms with Crippen molar-refractivity contribution in [1.29, 1.82) is 0 Å². The zero-order valence-corrected chi connectivity index (χ0v) is 45.0. The van der Waals surface area contributed by atoms with Crippen LogP contribution in [0.1, 0.15) is 54.3 Å². The molecule has 27 heteroatoms. The summed E-state index contributed by atoms with van der Waals surface area (Å²) in [6, 6.07) is 18.6. The number of anilines is 6. The number of aromatic carboxylic acids is 1. The van der Waals surface area contributed by atoms with E-state index in [9.17, 15) is 29.4 Å². The van der Waals surface area contributed by atoms with Crippen LogP contribution < -0.4 is 50.4 Å². The van der Waals surface area contributed by atoms with Gasteiger partial charge in [-0.3, -0.25) is 4.79 Å². The van der Waals surface area contributed by atoms with Crippen LogP contribution in [-0.4, -0.2) is 150 Å². The highest BCUT2D eigenvalue weighted by Gasteiger charge is 2.29. The number of rotatable bonds is 15. The first-order valence-electron chi connectivity index (χ1n) is 24.0. The number of amides is 1. The molecule has 2 saturated heterocycles. The number of phenols is 2. The summed E-state index contributed by atoms with van der Waals surface area (Å²) >= 11 is 2.91. The highest BCUT2D eigenvalue weighted by atomic mass is 32.1. The van der Waals surface area contributed by atoms with E-state index in [1.54, 1.807) is 45.5 Å². The Hall–Kier alpha value is -9.34. The Morgan fingerprint density at radius 3 is 1.51 bits per heavy atom. The van der Waals surface area contributed by atoms with E-state index in [4.69, 9.17) is 44.7 Å². The molecule has 0 radical (unpaired) electrons. The first-order valence-corrected chi connectivity index (χ1v) is 25.7. The first kappa shape index (κ1) is 55.9. The van der Waals surface area contributed by atoms with Gasteiger partial charge in [-0.1, -0.05) is 0 Å². The molecule has 6 heterocycles. The minimum absolute atomic E-state index is 0.00537. The smallest absolute Gasteiger partial charge is 0.341 e. The van der Waals surface area contributed by atoms with Crippen molar-refractivity contribution in [3.05, 3.63) is 106 Å². The molecule has 0 aliphatic carbocycles. The van der Waals surface area contributed by atoms with Gasteiger partial charge < -0.3 is 75.2 Å². The Labute approximate surface area is 458 Å². The molecule has 4 aromatic heterocycles. The van der Waals surface area contributed by atoms with E-state index in [-0.39, 0.29) is 46.0 Å². The molecule has 0 spiro atoms. The van der Waals surface area contributed by atoms with Crippen molar-refractivity contribution >= 4 is 102 Å². The number of carbonyl (C=O) groups excluding carboxylic acids is 3. The summed E-state index contributed by atoms with van der Waals surface area (Å²) in [7, 11) is 8.77. The fourth-order valence-electron chi connectivity index (χ4n) is 8.26. The van der Waals surface area contributed by atoms with Crippen molar-refractivity contribution in [2.24, 2.45) is 5.73 Å². The predicted molar refractivity (Wildman–Crippen MR) is 295 cm³/mol. The summed E-state index contributed by atoms with van der Waals surface area (Å²) < 4.78 is 30.4. The summed E-state index contributed by atoms with van der Waals surface area (Å²) in [6.45, 7) is 2.76. The molecule has 10 rings (SSSR count). The van der Waals surface area contributed by atoms with Gasteiger partial charge in [-0.15, -0.1) is 22.7 Å². The van der Waals surface area contributed by atoms with Gasteiger partial charge >= 0.3 is 17.9 Å². The van der Waals surface area contributed by atoms with E-state index in [1.807, 2.05) is 35.2 Å². The molecule has 25 nitrogen and oxygen atoms in total. The summed E-state index contributed by atoms with van der Waals surface area (Å²) in [5.74, 6) is 1.30. The Morgan fingerprint density at radius 1 is 0.595 bits per heavy atom. The molecule has 2 aliphatic heterocycles. The van der Waals surface area contributed by atoms with E-state index in [0.29, 0.717) is 71.6 Å². The third-order valence-corrected chi connectivity index (χ3v) is 13.7. The number of benzene rings is 4. The average molecular weight is 1120 g/mol. The highest BCUT2D eigenvalue weighted by molar-refractivity contribution is 7.16. The number of carboxylic acids is 1. The molecule has 79 heavy (non-hydrogen) atoms. The largest absolute Gasteiger partial charge is 0.507 e. The average Bonchev–Trinajstić information content (AvgIpc) is 4.39. The van der Waals surface area contributed by atoms with Crippen LogP contribution in [0.25, 0.3) is 20.7 Å². The Bertz CT molecular complexity index is 3530. The van der Waals surface area contributed by atoms with Crippen LogP contribution in [0.2, 0.25) is 0 Å². The lowest BCUT2D eigenvalue weighted by Crippen LogP contribution is -2.37. The van der Waals surface area contributed by atoms with Gasteiger partial charge in [-0.2, -0.15) is 19.9 Å². The molecule has 4 aromatic carbocycles. The maximum absolute atomic E-state index is 12.8. The second-order valence-electron chi connectivity index (χ2n) is 17.3. The van der Waals surface area contributed by atoms with Gasteiger partial charge in [0.05, 0.1) is 59.2 Å². The first-order chi connectivity index (χ1) is 38.1. The number of carboxylic acid groups (broad SMARTS) is 1. The highest BCUT2D eigenvalue weighted by Crippen LogP contribution is 2.36. The van der Waals surface area contributed by atoms with Crippen LogP contribution in [0, 0.1) is 0 Å². The number of aromatic nitrogens is 6. The van der Waals surface area contributed by atoms with Crippen LogP contribution in [0.3, 0.4) is 0 Å². The molecule has 1 amide bonds. The number of phenolic OH excluding ortho intramolecular Hbond substituents is 2. The minimum Gasteiger partial charge on any atom is -0.507 e. The van der Waals surface area contributed by atoms with Crippen LogP contribution >= 0.6 is 22.7 Å². The number of nitrogens with one attached hydrogen (secondary N) is 3. The molecule has 0 bridgehead atoms. The molecule has 8 N–H and O–H groups in total. The van der Waals surface area contributed by atoms with Crippen molar-refractivity contribution in [2.45, 2.75) is 24.9 Å². The topological polar surface area (TPSA) is 330 Å². The Morgan fingerprint density at radius 2 is 1.06 bits per heavy atom. The fraction of sp³-hybridized carbons (Fsp3) is 0.269. The zero-order chi connectivity index (χ0) is 56.3. The summed E-state index contributed by atoms with van der Waals surface area (Å²) in [5, 5.41) is 37.6. The van der Waals surface area contributed by atoms with Crippen molar-refractivity contribution < 1.29 is 62.9 Å². The predicted octanol–water partition coefficient (Wildman–Crippen LogP) is 6.61. The number of hydrogen-bond donors (Lipinski definition) is 7. The number of hydrogen-bond acceptors (Lipinski definition) is 25. The third-order valence-electron chi connectivity index (χ3n) is 12.3. The van der Waals surface area contributed by atoms with Crippen LogP contribution in [-0.2, 0) is 9.47 Å². The van der Waals surface area contributed by atoms with Crippen molar-refractivity contribution in [1.82, 2.24) is 35.2 Å². The van der Waals surface area contributed by atoms with Crippen molar-refractivity contribution in [3.8, 4) is 34.5 Å². The van der Waals surface area contributed by atoms with E-state index >= 15 is 0 Å². The van der Waals surface area contributed by atoms with E-state index in [0.717, 1.165) is 52.1 Å². The minimum atomic E-state index is -1.17. The molecule has 2 unspecified atom stereocenters. The Balaban J connectivity index is 0.000000176. The van der Waals surface area contributed by atoms with Crippen LogP contribution in [0.4, 0.5) is 34.9 Å². The quantitative estimate of drug-likeness (QED) is 0.0531. The number of fused-ring (bicyclic) bond motifs is 2. The number of carbonyl (C=O) groups is 4. The lowest BCUT2D eigenvalue weighted by Gasteiger charge is -2.18. The second-order valence-corrected chi connectivity index (χ2v) is 19.0. The molecular weight excluding hydrogens is 1060 g/mol. The number of aromatic hydroxyl groups is 2. The normalized spacial score (nSPS) is 14.5. The van der Waals surface area contributed by atoms with Gasteiger partial charge in [0.15, 0.2) is 44.3 Å². The SMILES string of the molecule is COC(=O)c1ccc(C(=O)NC2CCN(c3nc(Nc4ccc(OC)c(OC)c4)c4ncsc4n3)C2)cc1O.COC(=O)c1ccc(C(=O)O)cc1O.COc1ccc(Nc2nc(N3CCC(N)C3)nc3scnc23)cc1OC. The maximum Gasteiger partial charge on any atom is 0.341 e. The molecular formula is C52H54N12O13S2. The fourth-order valence-corrected chi connectivity index (χ4v) is 9.57. The summed E-state index contributed by atoms with van der Waals surface area (Å²) in [6.07, 6.45) is 1.63. The molecule has 2 atom stereocenters. The molecule has 412 valence electrons. The number of esters is 2. The van der Waals surface area contributed by atoms with Gasteiger partial charge in [-0.05, 0) is 73.5 Å². The van der Waals surface area contributed by atoms with Crippen LogP contribution in [0.15, 0.2) is 83.8 Å². The Kier molecular flexibility index (Phi) is 17.8. The number of ether oxygens (including phenoxy) is 6. The van der Waals surface area contributed by atoms with Gasteiger partial charge in [0.2, 0.25) is 11.9 Å². The molecule has 2 aliphatic rings. The number of thiazole rings is 2. The number of nitrogens with zero attached hydrogens (tertiary/aromatic N) is 8.